The molecule has 3 N–H and O–H groups in total. The topological polar surface area (TPSA) is 72.2 Å². The molecule has 0 spiro atoms. The van der Waals surface area contributed by atoms with Crippen LogP contribution in [0.25, 0.3) is 0 Å². The van der Waals surface area contributed by atoms with E-state index in [0.717, 1.165) is 19.3 Å². The average Bonchev–Trinajstić information content (AvgIpc) is 2.34. The van der Waals surface area contributed by atoms with Gasteiger partial charge in [0.25, 0.3) is 0 Å². The minimum atomic E-state index is -3.54. The van der Waals surface area contributed by atoms with Crippen molar-refractivity contribution in [3.8, 4) is 0 Å². The Morgan fingerprint density at radius 1 is 1.37 bits per heavy atom. The summed E-state index contributed by atoms with van der Waals surface area (Å²) in [5.41, 5.74) is 6.66. The second-order valence-corrected chi connectivity index (χ2v) is 6.75. The van der Waals surface area contributed by atoms with Gasteiger partial charge in [0, 0.05) is 6.04 Å². The molecular weight excluding hydrogens is 284 g/mol. The van der Waals surface area contributed by atoms with Crippen molar-refractivity contribution in [3.05, 3.63) is 22.7 Å². The van der Waals surface area contributed by atoms with E-state index in [1.54, 1.807) is 13.0 Å². The number of nitrogens with one attached hydrogen (secondary N) is 1. The molecule has 0 amide bonds. The molecule has 1 aromatic carbocycles. The molecule has 1 unspecified atom stereocenters. The molecule has 0 radical (unpaired) electrons. The summed E-state index contributed by atoms with van der Waals surface area (Å²) in [6, 6.07) is 2.89. The molecule has 1 atom stereocenters. The molecule has 1 rings (SSSR count). The monoisotopic (exact) mass is 304 g/mol. The van der Waals surface area contributed by atoms with Gasteiger partial charge >= 0.3 is 0 Å². The Hall–Kier alpha value is -0.780. The fourth-order valence-electron chi connectivity index (χ4n) is 1.90. The fourth-order valence-corrected chi connectivity index (χ4v) is 3.48. The van der Waals surface area contributed by atoms with Crippen LogP contribution in [0, 0.1) is 6.92 Å². The van der Waals surface area contributed by atoms with Crippen LogP contribution in [-0.2, 0) is 10.0 Å². The molecule has 6 heteroatoms. The van der Waals surface area contributed by atoms with Crippen LogP contribution in [0.15, 0.2) is 17.0 Å². The van der Waals surface area contributed by atoms with Gasteiger partial charge in [-0.15, -0.1) is 0 Å². The number of nitrogens with two attached hydrogens (primary N) is 1. The number of rotatable bonds is 6. The Morgan fingerprint density at radius 3 is 2.47 bits per heavy atom. The maximum atomic E-state index is 12.3. The largest absolute Gasteiger partial charge is 0.397 e. The lowest BCUT2D eigenvalue weighted by Crippen LogP contribution is -2.34. The van der Waals surface area contributed by atoms with E-state index < -0.39 is 10.0 Å². The Bertz CT molecular complexity index is 521. The second-order valence-electron chi connectivity index (χ2n) is 4.66. The van der Waals surface area contributed by atoms with Gasteiger partial charge in [0.05, 0.1) is 15.6 Å². The Kier molecular flexibility index (Phi) is 5.64. The van der Waals surface area contributed by atoms with E-state index in [1.165, 1.54) is 6.07 Å². The average molecular weight is 305 g/mol. The highest BCUT2D eigenvalue weighted by Crippen LogP contribution is 2.27. The molecule has 0 bridgehead atoms. The van der Waals surface area contributed by atoms with Crippen LogP contribution in [-0.4, -0.2) is 14.5 Å². The van der Waals surface area contributed by atoms with E-state index in [1.807, 2.05) is 13.8 Å². The quantitative estimate of drug-likeness (QED) is 0.793. The summed E-state index contributed by atoms with van der Waals surface area (Å²) >= 11 is 5.94. The van der Waals surface area contributed by atoms with E-state index in [2.05, 4.69) is 4.72 Å². The number of halogens is 1. The number of sulfonamides is 1. The minimum Gasteiger partial charge on any atom is -0.397 e. The summed E-state index contributed by atoms with van der Waals surface area (Å²) in [4.78, 5) is 0.168. The SMILES string of the molecule is CCCC(CC)NS(=O)(=O)c1cc(C)c(Cl)c(N)c1. The van der Waals surface area contributed by atoms with Gasteiger partial charge in [0.2, 0.25) is 10.0 Å². The van der Waals surface area contributed by atoms with Gasteiger partial charge < -0.3 is 5.73 Å². The molecule has 19 heavy (non-hydrogen) atoms. The second kappa shape index (κ2) is 6.59. The molecule has 0 saturated carbocycles. The van der Waals surface area contributed by atoms with Gasteiger partial charge in [0.15, 0.2) is 0 Å². The maximum absolute atomic E-state index is 12.3. The van der Waals surface area contributed by atoms with Gasteiger partial charge in [0.1, 0.15) is 0 Å². The zero-order valence-corrected chi connectivity index (χ0v) is 13.1. The molecule has 1 aromatic rings. The van der Waals surface area contributed by atoms with Crippen molar-refractivity contribution >= 4 is 27.3 Å². The highest BCUT2D eigenvalue weighted by molar-refractivity contribution is 7.89. The summed E-state index contributed by atoms with van der Waals surface area (Å²) in [5.74, 6) is 0. The molecule has 4 nitrogen and oxygen atoms in total. The summed E-state index contributed by atoms with van der Waals surface area (Å²) < 4.78 is 27.3. The van der Waals surface area contributed by atoms with Gasteiger partial charge in [-0.1, -0.05) is 31.9 Å². The molecule has 108 valence electrons. The third-order valence-electron chi connectivity index (χ3n) is 3.02. The summed E-state index contributed by atoms with van der Waals surface area (Å²) in [5, 5.41) is 0.402. The van der Waals surface area contributed by atoms with E-state index in [0.29, 0.717) is 10.6 Å². The Balaban J connectivity index is 3.07. The van der Waals surface area contributed by atoms with E-state index >= 15 is 0 Å². The first-order valence-electron chi connectivity index (χ1n) is 6.39. The first-order valence-corrected chi connectivity index (χ1v) is 8.25. The third-order valence-corrected chi connectivity index (χ3v) is 5.03. The van der Waals surface area contributed by atoms with E-state index in [-0.39, 0.29) is 16.6 Å². The molecule has 0 aliphatic heterocycles. The van der Waals surface area contributed by atoms with Crippen LogP contribution in [0.3, 0.4) is 0 Å². The molecular formula is C13H21ClN2O2S. The first-order chi connectivity index (χ1) is 8.81. The molecule has 0 fully saturated rings. The predicted octanol–water partition coefficient (Wildman–Crippen LogP) is 3.09. The molecule has 0 aromatic heterocycles. The number of benzene rings is 1. The Labute approximate surface area is 120 Å². The standard InChI is InChI=1S/C13H21ClN2O2S/c1-4-6-10(5-2)16-19(17,18)11-7-9(3)13(14)12(15)8-11/h7-8,10,16H,4-6,15H2,1-3H3. The molecule has 0 aliphatic rings. The number of hydrogen-bond acceptors (Lipinski definition) is 3. The van der Waals surface area contributed by atoms with Crippen LogP contribution in [0.2, 0.25) is 5.02 Å². The number of anilines is 1. The van der Waals surface area contributed by atoms with Crippen LogP contribution in [0.5, 0.6) is 0 Å². The van der Waals surface area contributed by atoms with Crippen molar-refractivity contribution in [1.29, 1.82) is 0 Å². The maximum Gasteiger partial charge on any atom is 0.240 e. The summed E-state index contributed by atoms with van der Waals surface area (Å²) in [6.07, 6.45) is 2.51. The highest BCUT2D eigenvalue weighted by atomic mass is 35.5. The zero-order valence-electron chi connectivity index (χ0n) is 11.5. The number of hydrogen-bond donors (Lipinski definition) is 2. The highest BCUT2D eigenvalue weighted by Gasteiger charge is 2.20. The lowest BCUT2D eigenvalue weighted by atomic mass is 10.1. The molecule has 0 aliphatic carbocycles. The van der Waals surface area contributed by atoms with Gasteiger partial charge in [-0.3, -0.25) is 0 Å². The number of nitrogen functional groups attached to an aromatic ring is 1. The van der Waals surface area contributed by atoms with Crippen molar-refractivity contribution in [2.24, 2.45) is 0 Å². The minimum absolute atomic E-state index is 0.0489. The van der Waals surface area contributed by atoms with Gasteiger partial charge in [-0.2, -0.15) is 0 Å². The lowest BCUT2D eigenvalue weighted by molar-refractivity contribution is 0.512. The van der Waals surface area contributed by atoms with Crippen LogP contribution in [0.1, 0.15) is 38.7 Å². The van der Waals surface area contributed by atoms with Crippen molar-refractivity contribution in [3.63, 3.8) is 0 Å². The van der Waals surface area contributed by atoms with Crippen LogP contribution >= 0.6 is 11.6 Å². The van der Waals surface area contributed by atoms with Crippen molar-refractivity contribution in [2.75, 3.05) is 5.73 Å². The first kappa shape index (κ1) is 16.3. The zero-order chi connectivity index (χ0) is 14.6. The Morgan fingerprint density at radius 2 is 2.00 bits per heavy atom. The number of aryl methyl sites for hydroxylation is 1. The van der Waals surface area contributed by atoms with Crippen molar-refractivity contribution in [1.82, 2.24) is 4.72 Å². The van der Waals surface area contributed by atoms with E-state index in [4.69, 9.17) is 17.3 Å². The van der Waals surface area contributed by atoms with Crippen molar-refractivity contribution in [2.45, 2.75) is 51.0 Å². The molecule has 0 heterocycles. The third kappa shape index (κ3) is 4.09. The van der Waals surface area contributed by atoms with Crippen LogP contribution in [0.4, 0.5) is 5.69 Å². The smallest absolute Gasteiger partial charge is 0.240 e. The summed E-state index contributed by atoms with van der Waals surface area (Å²) in [7, 11) is -3.54. The van der Waals surface area contributed by atoms with Gasteiger partial charge in [-0.05, 0) is 37.5 Å². The fraction of sp³-hybridized carbons (Fsp3) is 0.538. The van der Waals surface area contributed by atoms with E-state index in [9.17, 15) is 8.42 Å². The summed E-state index contributed by atoms with van der Waals surface area (Å²) in [6.45, 7) is 5.73. The predicted molar refractivity (Wildman–Crippen MR) is 79.9 cm³/mol. The molecule has 0 saturated heterocycles. The lowest BCUT2D eigenvalue weighted by Gasteiger charge is -2.17. The van der Waals surface area contributed by atoms with Gasteiger partial charge in [-0.25, -0.2) is 13.1 Å². The van der Waals surface area contributed by atoms with Crippen LogP contribution < -0.4 is 10.5 Å². The van der Waals surface area contributed by atoms with Crippen molar-refractivity contribution < 1.29 is 8.42 Å². The normalized spacial score (nSPS) is 13.5.